The molecule has 14 heavy (non-hydrogen) atoms. The lowest BCUT2D eigenvalue weighted by Gasteiger charge is -2.17. The first-order valence-corrected chi connectivity index (χ1v) is 5.18. The summed E-state index contributed by atoms with van der Waals surface area (Å²) in [5, 5.41) is 3.39. The third-order valence-corrected chi connectivity index (χ3v) is 3.17. The van der Waals surface area contributed by atoms with Crippen molar-refractivity contribution in [3.05, 3.63) is 35.1 Å². The third-order valence-electron chi connectivity index (χ3n) is 3.17. The maximum absolute atomic E-state index is 13.1. The van der Waals surface area contributed by atoms with Gasteiger partial charge in [0.15, 0.2) is 0 Å². The Morgan fingerprint density at radius 2 is 2.21 bits per heavy atom. The van der Waals surface area contributed by atoms with Crippen LogP contribution in [0.2, 0.25) is 0 Å². The first-order chi connectivity index (χ1) is 6.68. The quantitative estimate of drug-likeness (QED) is 0.723. The normalized spacial score (nSPS) is 26.8. The van der Waals surface area contributed by atoms with Gasteiger partial charge in [-0.05, 0) is 50.1 Å². The monoisotopic (exact) mass is 193 g/mol. The van der Waals surface area contributed by atoms with E-state index in [1.165, 1.54) is 17.2 Å². The van der Waals surface area contributed by atoms with E-state index in [1.54, 1.807) is 6.07 Å². The van der Waals surface area contributed by atoms with Crippen LogP contribution < -0.4 is 5.32 Å². The lowest BCUT2D eigenvalue weighted by molar-refractivity contribution is 0.580. The van der Waals surface area contributed by atoms with Crippen molar-refractivity contribution in [1.29, 1.82) is 0 Å². The van der Waals surface area contributed by atoms with Crippen molar-refractivity contribution in [3.8, 4) is 0 Å². The number of hydrogen-bond acceptors (Lipinski definition) is 1. The number of nitrogens with one attached hydrogen (secondary N) is 1. The molecule has 76 valence electrons. The molecule has 1 aliphatic heterocycles. The van der Waals surface area contributed by atoms with E-state index in [4.69, 9.17) is 0 Å². The summed E-state index contributed by atoms with van der Waals surface area (Å²) < 4.78 is 13.1. The van der Waals surface area contributed by atoms with Gasteiger partial charge in [-0.1, -0.05) is 6.07 Å². The zero-order chi connectivity index (χ0) is 10.1. The van der Waals surface area contributed by atoms with Crippen LogP contribution in [0.5, 0.6) is 0 Å². The molecule has 0 aliphatic carbocycles. The topological polar surface area (TPSA) is 12.0 Å². The summed E-state index contributed by atoms with van der Waals surface area (Å²) in [6.45, 7) is 5.27. The van der Waals surface area contributed by atoms with Crippen molar-refractivity contribution in [2.75, 3.05) is 6.54 Å². The molecular formula is C12H16FN. The second-order valence-corrected chi connectivity index (χ2v) is 4.14. The van der Waals surface area contributed by atoms with Gasteiger partial charge in [-0.15, -0.1) is 0 Å². The third kappa shape index (κ3) is 1.67. The number of rotatable bonds is 1. The van der Waals surface area contributed by atoms with E-state index in [1.807, 2.05) is 6.07 Å². The van der Waals surface area contributed by atoms with Gasteiger partial charge in [0.05, 0.1) is 0 Å². The molecule has 1 N–H and O–H groups in total. The molecule has 0 saturated carbocycles. The lowest BCUT2D eigenvalue weighted by Crippen LogP contribution is -2.22. The van der Waals surface area contributed by atoms with Crippen LogP contribution in [0, 0.1) is 12.7 Å². The Balaban J connectivity index is 2.34. The largest absolute Gasteiger partial charge is 0.314 e. The van der Waals surface area contributed by atoms with Crippen LogP contribution in [-0.2, 0) is 0 Å². The van der Waals surface area contributed by atoms with Crippen molar-refractivity contribution in [3.63, 3.8) is 0 Å². The van der Waals surface area contributed by atoms with Crippen LogP contribution in [0.25, 0.3) is 0 Å². The molecule has 2 rings (SSSR count). The summed E-state index contributed by atoms with van der Waals surface area (Å²) in [7, 11) is 0. The van der Waals surface area contributed by atoms with Crippen molar-refractivity contribution in [2.45, 2.75) is 32.2 Å². The van der Waals surface area contributed by atoms with Gasteiger partial charge >= 0.3 is 0 Å². The molecule has 0 radical (unpaired) electrons. The van der Waals surface area contributed by atoms with E-state index >= 15 is 0 Å². The van der Waals surface area contributed by atoms with E-state index < -0.39 is 0 Å². The van der Waals surface area contributed by atoms with Gasteiger partial charge < -0.3 is 5.32 Å². The van der Waals surface area contributed by atoms with Gasteiger partial charge in [0.1, 0.15) is 5.82 Å². The van der Waals surface area contributed by atoms with Gasteiger partial charge in [-0.25, -0.2) is 4.39 Å². The Bertz CT molecular complexity index is 335. The minimum atomic E-state index is -0.121. The standard InChI is InChI=1S/C12H16FN/c1-8-3-4-10(13)7-12(8)11-5-6-14-9(11)2/h3-4,7,9,11,14H,5-6H2,1-2H3. The first-order valence-electron chi connectivity index (χ1n) is 5.18. The summed E-state index contributed by atoms with van der Waals surface area (Å²) in [5.74, 6) is 0.357. The van der Waals surface area contributed by atoms with Crippen LogP contribution in [0.3, 0.4) is 0 Å². The predicted octanol–water partition coefficient (Wildman–Crippen LogP) is 2.60. The number of benzene rings is 1. The van der Waals surface area contributed by atoms with Gasteiger partial charge in [0.25, 0.3) is 0 Å². The summed E-state index contributed by atoms with van der Waals surface area (Å²) in [6, 6.07) is 5.56. The Morgan fingerprint density at radius 3 is 2.86 bits per heavy atom. The molecule has 0 amide bonds. The highest BCUT2D eigenvalue weighted by molar-refractivity contribution is 5.31. The van der Waals surface area contributed by atoms with E-state index in [-0.39, 0.29) is 5.82 Å². The van der Waals surface area contributed by atoms with Crippen molar-refractivity contribution < 1.29 is 4.39 Å². The van der Waals surface area contributed by atoms with Gasteiger partial charge in [0, 0.05) is 12.0 Å². The Kier molecular flexibility index (Phi) is 2.55. The molecule has 1 heterocycles. The zero-order valence-corrected chi connectivity index (χ0v) is 8.68. The van der Waals surface area contributed by atoms with E-state index in [9.17, 15) is 4.39 Å². The van der Waals surface area contributed by atoms with Crippen LogP contribution in [0.15, 0.2) is 18.2 Å². The van der Waals surface area contributed by atoms with Gasteiger partial charge in [-0.2, -0.15) is 0 Å². The molecular weight excluding hydrogens is 177 g/mol. The van der Waals surface area contributed by atoms with Crippen LogP contribution in [-0.4, -0.2) is 12.6 Å². The molecule has 1 fully saturated rings. The summed E-state index contributed by atoms with van der Waals surface area (Å²) in [6.07, 6.45) is 1.12. The second kappa shape index (κ2) is 3.70. The predicted molar refractivity (Wildman–Crippen MR) is 56.0 cm³/mol. The molecule has 1 saturated heterocycles. The van der Waals surface area contributed by atoms with Gasteiger partial charge in [0.2, 0.25) is 0 Å². The highest BCUT2D eigenvalue weighted by atomic mass is 19.1. The molecule has 1 aromatic carbocycles. The Hall–Kier alpha value is -0.890. The molecule has 0 bridgehead atoms. The first kappa shape index (κ1) is 9.66. The maximum Gasteiger partial charge on any atom is 0.123 e. The van der Waals surface area contributed by atoms with Crippen molar-refractivity contribution >= 4 is 0 Å². The Labute approximate surface area is 84.3 Å². The highest BCUT2D eigenvalue weighted by Gasteiger charge is 2.25. The summed E-state index contributed by atoms with van der Waals surface area (Å²) in [4.78, 5) is 0. The zero-order valence-electron chi connectivity index (χ0n) is 8.68. The SMILES string of the molecule is Cc1ccc(F)cc1C1CCNC1C. The molecule has 1 nitrogen and oxygen atoms in total. The fraction of sp³-hybridized carbons (Fsp3) is 0.500. The van der Waals surface area contributed by atoms with Crippen molar-refractivity contribution in [1.82, 2.24) is 5.32 Å². The molecule has 2 heteroatoms. The lowest BCUT2D eigenvalue weighted by atomic mass is 9.89. The molecule has 0 aromatic heterocycles. The fourth-order valence-electron chi connectivity index (χ4n) is 2.29. The van der Waals surface area contributed by atoms with Crippen LogP contribution >= 0.6 is 0 Å². The van der Waals surface area contributed by atoms with Crippen LogP contribution in [0.4, 0.5) is 4.39 Å². The number of hydrogen-bond donors (Lipinski definition) is 1. The minimum Gasteiger partial charge on any atom is -0.314 e. The maximum atomic E-state index is 13.1. The van der Waals surface area contributed by atoms with Crippen LogP contribution in [0.1, 0.15) is 30.4 Å². The molecule has 1 aliphatic rings. The minimum absolute atomic E-state index is 0.121. The van der Waals surface area contributed by atoms with Crippen molar-refractivity contribution in [2.24, 2.45) is 0 Å². The van der Waals surface area contributed by atoms with E-state index in [0.717, 1.165) is 13.0 Å². The average Bonchev–Trinajstić information content (AvgIpc) is 2.56. The molecule has 2 atom stereocenters. The molecule has 0 spiro atoms. The van der Waals surface area contributed by atoms with E-state index in [2.05, 4.69) is 19.2 Å². The van der Waals surface area contributed by atoms with E-state index in [0.29, 0.717) is 12.0 Å². The van der Waals surface area contributed by atoms with Gasteiger partial charge in [-0.3, -0.25) is 0 Å². The summed E-state index contributed by atoms with van der Waals surface area (Å²) >= 11 is 0. The smallest absolute Gasteiger partial charge is 0.123 e. The number of aryl methyl sites for hydroxylation is 1. The molecule has 1 aromatic rings. The molecule has 2 unspecified atom stereocenters. The average molecular weight is 193 g/mol. The number of halogens is 1. The Morgan fingerprint density at radius 1 is 1.43 bits per heavy atom. The fourth-order valence-corrected chi connectivity index (χ4v) is 2.29. The summed E-state index contributed by atoms with van der Waals surface area (Å²) in [5.41, 5.74) is 2.37. The second-order valence-electron chi connectivity index (χ2n) is 4.14. The highest BCUT2D eigenvalue weighted by Crippen LogP contribution is 2.30.